The molecule has 0 bridgehead atoms. The molecule has 264 valence electrons. The summed E-state index contributed by atoms with van der Waals surface area (Å²) in [5, 5.41) is 14.2. The third-order valence-electron chi connectivity index (χ3n) is 11.3. The van der Waals surface area contributed by atoms with E-state index in [1.54, 1.807) is 4.80 Å². The van der Waals surface area contributed by atoms with Gasteiger partial charge in [0.25, 0.3) is 0 Å². The van der Waals surface area contributed by atoms with E-state index >= 15 is 0 Å². The molecule has 8 aromatic carbocycles. The summed E-state index contributed by atoms with van der Waals surface area (Å²) in [5.74, 6) is 1.87. The molecule has 0 fully saturated rings. The van der Waals surface area contributed by atoms with Crippen molar-refractivity contribution in [3.8, 4) is 62.1 Å². The topological polar surface area (TPSA) is 69.4 Å². The fourth-order valence-electron chi connectivity index (χ4n) is 8.41. The summed E-state index contributed by atoms with van der Waals surface area (Å²) < 4.78 is 0. The van der Waals surface area contributed by atoms with Gasteiger partial charge in [0.05, 0.1) is 5.69 Å². The van der Waals surface area contributed by atoms with Crippen molar-refractivity contribution in [2.24, 2.45) is 0 Å². The number of aromatic nitrogens is 6. The van der Waals surface area contributed by atoms with Gasteiger partial charge in [0, 0.05) is 27.5 Å². The second kappa shape index (κ2) is 12.4. The molecule has 10 aromatic rings. The monoisotopic (exact) mass is 718 g/mol. The van der Waals surface area contributed by atoms with Gasteiger partial charge in [-0.1, -0.05) is 147 Å². The third kappa shape index (κ3) is 5.14. The molecule has 0 unspecified atom stereocenters. The van der Waals surface area contributed by atoms with Crippen LogP contribution in [0.5, 0.6) is 0 Å². The van der Waals surface area contributed by atoms with Crippen LogP contribution < -0.4 is 0 Å². The van der Waals surface area contributed by atoms with E-state index in [-0.39, 0.29) is 5.41 Å². The Balaban J connectivity index is 1.11. The van der Waals surface area contributed by atoms with Crippen molar-refractivity contribution in [1.29, 1.82) is 0 Å². The zero-order valence-corrected chi connectivity index (χ0v) is 30.8. The quantitative estimate of drug-likeness (QED) is 0.166. The summed E-state index contributed by atoms with van der Waals surface area (Å²) in [4.78, 5) is 17.4. The van der Waals surface area contributed by atoms with E-state index in [1.807, 2.05) is 42.5 Å². The minimum absolute atomic E-state index is 0.155. The Kier molecular flexibility index (Phi) is 7.10. The van der Waals surface area contributed by atoms with Gasteiger partial charge in [-0.3, -0.25) is 0 Å². The number of nitrogens with zero attached hydrogens (tertiary/aromatic N) is 6. The minimum atomic E-state index is -0.155. The Bertz CT molecular complexity index is 3170. The maximum atomic E-state index is 5.24. The van der Waals surface area contributed by atoms with E-state index in [2.05, 4.69) is 141 Å². The Hall–Kier alpha value is -7.31. The van der Waals surface area contributed by atoms with Crippen molar-refractivity contribution >= 4 is 32.6 Å². The molecule has 6 heteroatoms. The van der Waals surface area contributed by atoms with Gasteiger partial charge in [-0.25, -0.2) is 15.0 Å². The van der Waals surface area contributed by atoms with Crippen LogP contribution in [0.3, 0.4) is 0 Å². The second-order valence-electron chi connectivity index (χ2n) is 15.0. The first-order valence-corrected chi connectivity index (χ1v) is 18.9. The lowest BCUT2D eigenvalue weighted by Crippen LogP contribution is -2.15. The zero-order chi connectivity index (χ0) is 37.4. The molecular weight excluding hydrogens is 685 g/mol. The average Bonchev–Trinajstić information content (AvgIpc) is 3.80. The summed E-state index contributed by atoms with van der Waals surface area (Å²) in [6.45, 7) is 4.60. The lowest BCUT2D eigenvalue weighted by atomic mass is 9.82. The van der Waals surface area contributed by atoms with E-state index < -0.39 is 0 Å². The highest BCUT2D eigenvalue weighted by atomic mass is 15.5. The zero-order valence-electron chi connectivity index (χ0n) is 30.8. The summed E-state index contributed by atoms with van der Waals surface area (Å²) in [6.07, 6.45) is 0. The van der Waals surface area contributed by atoms with E-state index in [1.165, 1.54) is 22.3 Å². The Labute approximate surface area is 323 Å². The SMILES string of the molecule is CC1(C)c2ccccc2-c2ccc(-c3nc(-c4cccc(-c5ccccc5)c4)nc(-c4ccc5ccc6ccc7nn(-c8ccccc8)nc7c6c5c4)n3)cc21. The molecule has 56 heavy (non-hydrogen) atoms. The van der Waals surface area contributed by atoms with Gasteiger partial charge < -0.3 is 0 Å². The lowest BCUT2D eigenvalue weighted by molar-refractivity contribution is 0.660. The van der Waals surface area contributed by atoms with E-state index in [9.17, 15) is 0 Å². The fourth-order valence-corrected chi connectivity index (χ4v) is 8.41. The summed E-state index contributed by atoms with van der Waals surface area (Å²) in [6, 6.07) is 59.2. The number of para-hydroxylation sites is 1. The van der Waals surface area contributed by atoms with Crippen LogP contribution in [0.4, 0.5) is 0 Å². The smallest absolute Gasteiger partial charge is 0.164 e. The number of benzene rings is 8. The molecule has 6 nitrogen and oxygen atoms in total. The molecule has 0 N–H and O–H groups in total. The predicted molar refractivity (Wildman–Crippen MR) is 227 cm³/mol. The van der Waals surface area contributed by atoms with Crippen LogP contribution >= 0.6 is 0 Å². The van der Waals surface area contributed by atoms with Crippen molar-refractivity contribution in [2.75, 3.05) is 0 Å². The predicted octanol–water partition coefficient (Wildman–Crippen LogP) is 11.9. The Morgan fingerprint density at radius 3 is 1.82 bits per heavy atom. The van der Waals surface area contributed by atoms with E-state index in [0.717, 1.165) is 66.1 Å². The van der Waals surface area contributed by atoms with Crippen LogP contribution in [-0.2, 0) is 5.41 Å². The maximum Gasteiger partial charge on any atom is 0.164 e. The maximum absolute atomic E-state index is 5.24. The van der Waals surface area contributed by atoms with Crippen molar-refractivity contribution in [1.82, 2.24) is 29.9 Å². The summed E-state index contributed by atoms with van der Waals surface area (Å²) in [7, 11) is 0. The molecule has 0 atom stereocenters. The lowest BCUT2D eigenvalue weighted by Gasteiger charge is -2.21. The van der Waals surface area contributed by atoms with Gasteiger partial charge in [0.15, 0.2) is 17.5 Å². The number of hydrogen-bond donors (Lipinski definition) is 0. The van der Waals surface area contributed by atoms with Crippen molar-refractivity contribution < 1.29 is 0 Å². The first kappa shape index (κ1) is 32.1. The summed E-state index contributed by atoms with van der Waals surface area (Å²) >= 11 is 0. The highest BCUT2D eigenvalue weighted by Gasteiger charge is 2.35. The van der Waals surface area contributed by atoms with E-state index in [4.69, 9.17) is 25.1 Å². The highest BCUT2D eigenvalue weighted by Crippen LogP contribution is 2.49. The van der Waals surface area contributed by atoms with Gasteiger partial charge in [-0.2, -0.15) is 4.80 Å². The molecular formula is C50H34N6. The normalized spacial score (nSPS) is 13.0. The molecule has 1 aliphatic rings. The number of rotatable bonds is 5. The Morgan fingerprint density at radius 2 is 1.02 bits per heavy atom. The molecule has 0 aliphatic heterocycles. The largest absolute Gasteiger partial charge is 0.208 e. The van der Waals surface area contributed by atoms with Crippen LogP contribution in [0.25, 0.3) is 94.7 Å². The van der Waals surface area contributed by atoms with Crippen LogP contribution in [-0.4, -0.2) is 29.9 Å². The van der Waals surface area contributed by atoms with Crippen LogP contribution in [0, 0.1) is 0 Å². The standard InChI is InChI=1S/C50H34N6/c1-50(2)42-19-10-9-18-39(42)40-26-24-37(30-43(40)50)49-52-47(35-15-11-14-34(28-35)31-12-5-3-6-13-31)51-48(53-49)36-23-21-32-20-22-33-25-27-44-46(45(33)41(32)29-36)55-56(54-44)38-16-7-4-8-17-38/h3-30H,1-2H3. The van der Waals surface area contributed by atoms with Crippen LogP contribution in [0.2, 0.25) is 0 Å². The molecule has 0 saturated heterocycles. The molecule has 2 aromatic heterocycles. The van der Waals surface area contributed by atoms with Gasteiger partial charge in [0.1, 0.15) is 11.0 Å². The minimum Gasteiger partial charge on any atom is -0.208 e. The number of hydrogen-bond acceptors (Lipinski definition) is 5. The second-order valence-corrected chi connectivity index (χ2v) is 15.0. The molecule has 0 amide bonds. The average molecular weight is 719 g/mol. The first-order chi connectivity index (χ1) is 27.5. The van der Waals surface area contributed by atoms with Crippen LogP contribution in [0.1, 0.15) is 25.0 Å². The van der Waals surface area contributed by atoms with Crippen molar-refractivity contribution in [3.63, 3.8) is 0 Å². The molecule has 0 saturated carbocycles. The third-order valence-corrected chi connectivity index (χ3v) is 11.3. The number of fused-ring (bicyclic) bond motifs is 8. The molecule has 2 heterocycles. The van der Waals surface area contributed by atoms with Gasteiger partial charge >= 0.3 is 0 Å². The Morgan fingerprint density at radius 1 is 0.429 bits per heavy atom. The van der Waals surface area contributed by atoms with E-state index in [0.29, 0.717) is 17.5 Å². The van der Waals surface area contributed by atoms with Crippen LogP contribution in [0.15, 0.2) is 170 Å². The van der Waals surface area contributed by atoms with Crippen molar-refractivity contribution in [2.45, 2.75) is 19.3 Å². The fraction of sp³-hybridized carbons (Fsp3) is 0.0600. The van der Waals surface area contributed by atoms with Gasteiger partial charge in [-0.15, -0.1) is 10.2 Å². The highest BCUT2D eigenvalue weighted by molar-refractivity contribution is 6.18. The molecule has 1 aliphatic carbocycles. The molecule has 0 radical (unpaired) electrons. The van der Waals surface area contributed by atoms with Gasteiger partial charge in [0.2, 0.25) is 0 Å². The van der Waals surface area contributed by atoms with Gasteiger partial charge in [-0.05, 0) is 85.9 Å². The van der Waals surface area contributed by atoms with Crippen molar-refractivity contribution in [3.05, 3.63) is 181 Å². The molecule has 0 spiro atoms. The summed E-state index contributed by atoms with van der Waals surface area (Å²) in [5.41, 5.74) is 12.6. The first-order valence-electron chi connectivity index (χ1n) is 18.9. The molecule has 11 rings (SSSR count).